The van der Waals surface area contributed by atoms with E-state index < -0.39 is 17.8 Å². The average Bonchev–Trinajstić information content (AvgIpc) is 2.46. The van der Waals surface area contributed by atoms with Crippen LogP contribution < -0.4 is 5.73 Å². The Morgan fingerprint density at radius 2 is 1.33 bits per heavy atom. The van der Waals surface area contributed by atoms with Crippen LogP contribution in [0.3, 0.4) is 0 Å². The molecule has 0 fully saturated rings. The molecule has 0 unspecified atom stereocenters. The van der Waals surface area contributed by atoms with Crippen molar-refractivity contribution in [2.24, 2.45) is 5.73 Å². The van der Waals surface area contributed by atoms with Gasteiger partial charge < -0.3 is 10.8 Å². The van der Waals surface area contributed by atoms with Crippen LogP contribution >= 0.6 is 12.4 Å². The van der Waals surface area contributed by atoms with Crippen molar-refractivity contribution in [1.82, 2.24) is 0 Å². The fraction of sp³-hybridized carbons (Fsp3) is 0.200. The first-order valence-corrected chi connectivity index (χ1v) is 6.06. The molecule has 0 saturated heterocycles. The summed E-state index contributed by atoms with van der Waals surface area (Å²) in [5.41, 5.74) is 7.29. The summed E-state index contributed by atoms with van der Waals surface area (Å²) in [6, 6.07) is 11.6. The molecule has 0 aromatic heterocycles. The second-order valence-electron chi connectivity index (χ2n) is 4.49. The molecule has 0 aliphatic rings. The van der Waals surface area contributed by atoms with Gasteiger partial charge in [0.25, 0.3) is 0 Å². The molecule has 2 rings (SSSR count). The first-order valence-electron chi connectivity index (χ1n) is 6.06. The molecule has 0 bridgehead atoms. The van der Waals surface area contributed by atoms with Crippen LogP contribution in [0.4, 0.5) is 13.2 Å². The number of halogens is 4. The van der Waals surface area contributed by atoms with Gasteiger partial charge in [-0.15, -0.1) is 12.4 Å². The number of rotatable bonds is 3. The van der Waals surface area contributed by atoms with Crippen LogP contribution in [0.1, 0.15) is 17.2 Å². The number of aliphatic hydroxyl groups is 1. The number of benzene rings is 2. The van der Waals surface area contributed by atoms with E-state index in [1.165, 1.54) is 12.1 Å². The van der Waals surface area contributed by atoms with Gasteiger partial charge in [-0.05, 0) is 28.8 Å². The smallest absolute Gasteiger partial charge is 0.394 e. The maximum atomic E-state index is 12.5. The molecule has 0 heterocycles. The topological polar surface area (TPSA) is 46.2 Å². The molecule has 0 aliphatic carbocycles. The molecule has 2 nitrogen and oxygen atoms in total. The van der Waals surface area contributed by atoms with Crippen LogP contribution in [0.2, 0.25) is 0 Å². The van der Waals surface area contributed by atoms with E-state index in [1.54, 1.807) is 24.3 Å². The first-order chi connectivity index (χ1) is 9.41. The maximum Gasteiger partial charge on any atom is 0.416 e. The monoisotopic (exact) mass is 317 g/mol. The Hall–Kier alpha value is -1.56. The van der Waals surface area contributed by atoms with Crippen molar-refractivity contribution in [3.8, 4) is 11.1 Å². The second kappa shape index (κ2) is 6.93. The largest absolute Gasteiger partial charge is 0.416 e. The number of nitrogens with two attached hydrogens (primary N) is 1. The summed E-state index contributed by atoms with van der Waals surface area (Å²) in [5.74, 6) is 0. The fourth-order valence-electron chi connectivity index (χ4n) is 1.88. The normalized spacial score (nSPS) is 12.6. The van der Waals surface area contributed by atoms with Crippen molar-refractivity contribution in [3.63, 3.8) is 0 Å². The molecule has 0 aliphatic heterocycles. The fourth-order valence-corrected chi connectivity index (χ4v) is 1.88. The highest BCUT2D eigenvalue weighted by atomic mass is 35.5. The SMILES string of the molecule is Cl.N[C@@H](CO)c1ccc(-c2ccc(C(F)(F)F)cc2)cc1. The van der Waals surface area contributed by atoms with E-state index in [-0.39, 0.29) is 19.0 Å². The van der Waals surface area contributed by atoms with E-state index in [2.05, 4.69) is 0 Å². The van der Waals surface area contributed by atoms with Gasteiger partial charge in [0.05, 0.1) is 18.2 Å². The Morgan fingerprint density at radius 1 is 0.905 bits per heavy atom. The second-order valence-corrected chi connectivity index (χ2v) is 4.49. The van der Waals surface area contributed by atoms with Crippen LogP contribution in [0.15, 0.2) is 48.5 Å². The van der Waals surface area contributed by atoms with Crippen LogP contribution in [-0.4, -0.2) is 11.7 Å². The molecule has 0 radical (unpaired) electrons. The van der Waals surface area contributed by atoms with E-state index in [1.807, 2.05) is 0 Å². The lowest BCUT2D eigenvalue weighted by atomic mass is 10.0. The summed E-state index contributed by atoms with van der Waals surface area (Å²) in [6.07, 6.45) is -4.32. The molecule has 2 aromatic rings. The summed E-state index contributed by atoms with van der Waals surface area (Å²) in [5, 5.41) is 8.95. The van der Waals surface area contributed by atoms with Crippen molar-refractivity contribution >= 4 is 12.4 Å². The Morgan fingerprint density at radius 3 is 1.71 bits per heavy atom. The van der Waals surface area contributed by atoms with Gasteiger partial charge in [0, 0.05) is 0 Å². The van der Waals surface area contributed by atoms with Crippen molar-refractivity contribution in [1.29, 1.82) is 0 Å². The lowest BCUT2D eigenvalue weighted by Gasteiger charge is -2.10. The van der Waals surface area contributed by atoms with Crippen molar-refractivity contribution in [2.75, 3.05) is 6.61 Å². The lowest BCUT2D eigenvalue weighted by molar-refractivity contribution is -0.137. The zero-order valence-electron chi connectivity index (χ0n) is 11.0. The lowest BCUT2D eigenvalue weighted by Crippen LogP contribution is -2.14. The van der Waals surface area contributed by atoms with E-state index in [9.17, 15) is 13.2 Å². The van der Waals surface area contributed by atoms with Crippen molar-refractivity contribution < 1.29 is 18.3 Å². The molecule has 3 N–H and O–H groups in total. The minimum Gasteiger partial charge on any atom is -0.394 e. The Kier molecular flexibility index (Phi) is 5.78. The van der Waals surface area contributed by atoms with Gasteiger partial charge in [-0.25, -0.2) is 0 Å². The van der Waals surface area contributed by atoms with Gasteiger partial charge in [0.1, 0.15) is 0 Å². The molecule has 1 atom stereocenters. The van der Waals surface area contributed by atoms with Gasteiger partial charge in [-0.1, -0.05) is 36.4 Å². The third kappa shape index (κ3) is 4.20. The zero-order chi connectivity index (χ0) is 14.8. The molecular formula is C15H15ClF3NO. The van der Waals surface area contributed by atoms with E-state index in [0.29, 0.717) is 5.56 Å². The van der Waals surface area contributed by atoms with E-state index in [0.717, 1.165) is 23.3 Å². The summed E-state index contributed by atoms with van der Waals surface area (Å²) in [4.78, 5) is 0. The summed E-state index contributed by atoms with van der Waals surface area (Å²) in [6.45, 7) is -0.153. The molecule has 0 amide bonds. The van der Waals surface area contributed by atoms with Gasteiger partial charge in [-0.2, -0.15) is 13.2 Å². The Bertz CT molecular complexity index is 567. The van der Waals surface area contributed by atoms with Gasteiger partial charge in [0.15, 0.2) is 0 Å². The third-order valence-electron chi connectivity index (χ3n) is 3.08. The number of aliphatic hydroxyl groups excluding tert-OH is 1. The highest BCUT2D eigenvalue weighted by molar-refractivity contribution is 5.85. The average molecular weight is 318 g/mol. The van der Waals surface area contributed by atoms with Gasteiger partial charge in [0.2, 0.25) is 0 Å². The van der Waals surface area contributed by atoms with Crippen molar-refractivity contribution in [3.05, 3.63) is 59.7 Å². The number of hydrogen-bond donors (Lipinski definition) is 2. The third-order valence-corrected chi connectivity index (χ3v) is 3.08. The molecule has 21 heavy (non-hydrogen) atoms. The van der Waals surface area contributed by atoms with Gasteiger partial charge in [-0.3, -0.25) is 0 Å². The summed E-state index contributed by atoms with van der Waals surface area (Å²) < 4.78 is 37.4. The molecule has 114 valence electrons. The van der Waals surface area contributed by atoms with Crippen LogP contribution in [0.5, 0.6) is 0 Å². The molecule has 0 spiro atoms. The highest BCUT2D eigenvalue weighted by Gasteiger charge is 2.29. The maximum absolute atomic E-state index is 12.5. The van der Waals surface area contributed by atoms with Gasteiger partial charge >= 0.3 is 6.18 Å². The predicted molar refractivity (Wildman–Crippen MR) is 78.1 cm³/mol. The molecule has 2 aromatic carbocycles. The first kappa shape index (κ1) is 17.5. The quantitative estimate of drug-likeness (QED) is 0.905. The molecular weight excluding hydrogens is 303 g/mol. The Labute approximate surface area is 126 Å². The summed E-state index contributed by atoms with van der Waals surface area (Å²) >= 11 is 0. The zero-order valence-corrected chi connectivity index (χ0v) is 11.8. The summed E-state index contributed by atoms with van der Waals surface area (Å²) in [7, 11) is 0. The van der Waals surface area contributed by atoms with E-state index >= 15 is 0 Å². The predicted octanol–water partition coefficient (Wildman–Crippen LogP) is 3.79. The van der Waals surface area contributed by atoms with Crippen LogP contribution in [0, 0.1) is 0 Å². The Balaban J connectivity index is 0.00000220. The molecule has 6 heteroatoms. The van der Waals surface area contributed by atoms with E-state index in [4.69, 9.17) is 10.8 Å². The molecule has 0 saturated carbocycles. The highest BCUT2D eigenvalue weighted by Crippen LogP contribution is 2.31. The minimum absolute atomic E-state index is 0. The van der Waals surface area contributed by atoms with Crippen molar-refractivity contribution in [2.45, 2.75) is 12.2 Å². The van der Waals surface area contributed by atoms with Crippen LogP contribution in [-0.2, 0) is 6.18 Å². The standard InChI is InChI=1S/C15H14F3NO.ClH/c16-15(17,18)13-7-5-11(6-8-13)10-1-3-12(4-2-10)14(19)9-20;/h1-8,14,20H,9,19H2;1H/t14-;/m0./s1. The van der Waals surface area contributed by atoms with Crippen LogP contribution in [0.25, 0.3) is 11.1 Å². The minimum atomic E-state index is -4.32. The number of hydrogen-bond acceptors (Lipinski definition) is 2. The number of alkyl halides is 3.